The van der Waals surface area contributed by atoms with Gasteiger partial charge in [0.25, 0.3) is 0 Å². The van der Waals surface area contributed by atoms with Crippen molar-refractivity contribution in [3.05, 3.63) is 23.8 Å². The fourth-order valence-electron chi connectivity index (χ4n) is 2.03. The summed E-state index contributed by atoms with van der Waals surface area (Å²) in [6, 6.07) is 1.98. The van der Waals surface area contributed by atoms with Crippen LogP contribution in [0.4, 0.5) is 0 Å². The zero-order valence-corrected chi connectivity index (χ0v) is 10.8. The van der Waals surface area contributed by atoms with E-state index < -0.39 is 0 Å². The maximum absolute atomic E-state index is 4.38. The topological polar surface area (TPSA) is 37.8 Å². The van der Waals surface area contributed by atoms with Crippen molar-refractivity contribution < 1.29 is 0 Å². The summed E-state index contributed by atoms with van der Waals surface area (Å²) < 4.78 is 0.433. The van der Waals surface area contributed by atoms with Gasteiger partial charge in [-0.2, -0.15) is 11.8 Å². The van der Waals surface area contributed by atoms with Crippen LogP contribution < -0.4 is 5.32 Å². The molecule has 3 nitrogen and oxygen atoms in total. The molecule has 16 heavy (non-hydrogen) atoms. The molecular weight excluding hydrogens is 218 g/mol. The Bertz CT molecular complexity index is 348. The van der Waals surface area contributed by atoms with Gasteiger partial charge in [0, 0.05) is 24.0 Å². The molecule has 1 atom stereocenters. The summed E-state index contributed by atoms with van der Waals surface area (Å²) in [6.45, 7) is 6.20. The molecule has 0 bridgehead atoms. The van der Waals surface area contributed by atoms with E-state index in [-0.39, 0.29) is 0 Å². The van der Waals surface area contributed by atoms with Crippen LogP contribution in [0.1, 0.15) is 31.3 Å². The van der Waals surface area contributed by atoms with Gasteiger partial charge in [-0.25, -0.2) is 9.97 Å². The molecule has 0 saturated carbocycles. The van der Waals surface area contributed by atoms with Crippen molar-refractivity contribution in [2.24, 2.45) is 0 Å². The molecule has 1 aromatic rings. The minimum Gasteiger partial charge on any atom is -0.310 e. The van der Waals surface area contributed by atoms with Crippen molar-refractivity contribution in [1.82, 2.24) is 15.3 Å². The highest BCUT2D eigenvalue weighted by molar-refractivity contribution is 8.00. The van der Waals surface area contributed by atoms with E-state index in [1.807, 2.05) is 19.2 Å². The first kappa shape index (κ1) is 11.9. The molecular formula is C12H19N3S. The van der Waals surface area contributed by atoms with Gasteiger partial charge in [-0.1, -0.05) is 0 Å². The highest BCUT2D eigenvalue weighted by Gasteiger charge is 2.28. The Morgan fingerprint density at radius 2 is 2.44 bits per heavy atom. The lowest BCUT2D eigenvalue weighted by atomic mass is 10.1. The van der Waals surface area contributed by atoms with E-state index in [0.717, 1.165) is 24.6 Å². The predicted molar refractivity (Wildman–Crippen MR) is 68.6 cm³/mol. The highest BCUT2D eigenvalue weighted by atomic mass is 32.2. The molecule has 0 amide bonds. The summed E-state index contributed by atoms with van der Waals surface area (Å²) in [6.07, 6.45) is 4.51. The third-order valence-corrected chi connectivity index (χ3v) is 4.48. The van der Waals surface area contributed by atoms with Crippen molar-refractivity contribution in [2.75, 3.05) is 12.3 Å². The third-order valence-electron chi connectivity index (χ3n) is 2.94. The van der Waals surface area contributed by atoms with Crippen LogP contribution in [0.3, 0.4) is 0 Å². The van der Waals surface area contributed by atoms with Gasteiger partial charge in [-0.15, -0.1) is 0 Å². The Hall–Kier alpha value is -0.610. The molecule has 1 N–H and O–H groups in total. The smallest absolute Gasteiger partial charge is 0.125 e. The molecule has 88 valence electrons. The Kier molecular flexibility index (Phi) is 3.82. The van der Waals surface area contributed by atoms with E-state index in [2.05, 4.69) is 34.0 Å². The average Bonchev–Trinajstić information content (AvgIpc) is 2.65. The average molecular weight is 237 g/mol. The second-order valence-electron chi connectivity index (χ2n) is 4.60. The van der Waals surface area contributed by atoms with Crippen LogP contribution in [-0.2, 0) is 6.54 Å². The number of thioether (sulfide) groups is 1. The molecule has 0 spiro atoms. The summed E-state index contributed by atoms with van der Waals surface area (Å²) >= 11 is 2.09. The third kappa shape index (κ3) is 3.19. The number of nitrogens with zero attached hydrogens (tertiary/aromatic N) is 2. The van der Waals surface area contributed by atoms with Gasteiger partial charge >= 0.3 is 0 Å². The zero-order chi connectivity index (χ0) is 11.4. The minimum atomic E-state index is 0.433. The van der Waals surface area contributed by atoms with Crippen molar-refractivity contribution in [3.63, 3.8) is 0 Å². The van der Waals surface area contributed by atoms with Gasteiger partial charge in [0.05, 0.1) is 5.69 Å². The van der Waals surface area contributed by atoms with E-state index in [1.165, 1.54) is 18.6 Å². The van der Waals surface area contributed by atoms with Gasteiger partial charge in [0.2, 0.25) is 0 Å². The van der Waals surface area contributed by atoms with Crippen molar-refractivity contribution in [2.45, 2.75) is 38.0 Å². The Morgan fingerprint density at radius 3 is 3.12 bits per heavy atom. The minimum absolute atomic E-state index is 0.433. The fourth-order valence-corrected chi connectivity index (χ4v) is 3.31. The molecule has 1 unspecified atom stereocenters. The monoisotopic (exact) mass is 237 g/mol. The van der Waals surface area contributed by atoms with E-state index in [1.54, 1.807) is 0 Å². The van der Waals surface area contributed by atoms with Crippen molar-refractivity contribution in [1.29, 1.82) is 0 Å². The summed E-state index contributed by atoms with van der Waals surface area (Å²) in [5.74, 6) is 2.16. The van der Waals surface area contributed by atoms with E-state index in [4.69, 9.17) is 0 Å². The zero-order valence-electron chi connectivity index (χ0n) is 9.99. The number of hydrogen-bond acceptors (Lipinski definition) is 4. The van der Waals surface area contributed by atoms with Crippen molar-refractivity contribution in [3.8, 4) is 0 Å². The van der Waals surface area contributed by atoms with Crippen LogP contribution in [0.5, 0.6) is 0 Å². The molecule has 1 aromatic heterocycles. The molecule has 1 fully saturated rings. The molecule has 1 saturated heterocycles. The maximum Gasteiger partial charge on any atom is 0.125 e. The molecule has 4 heteroatoms. The molecule has 1 aliphatic rings. The number of rotatable bonds is 4. The number of aryl methyl sites for hydroxylation is 1. The Balaban J connectivity index is 1.79. The molecule has 2 heterocycles. The normalized spacial score (nSPS) is 24.9. The highest BCUT2D eigenvalue weighted by Crippen LogP contribution is 2.36. The van der Waals surface area contributed by atoms with Gasteiger partial charge in [0.1, 0.15) is 5.82 Å². The molecule has 2 rings (SSSR count). The first-order valence-corrected chi connectivity index (χ1v) is 6.80. The van der Waals surface area contributed by atoms with Gasteiger partial charge in [-0.3, -0.25) is 0 Å². The molecule has 0 aromatic carbocycles. The second-order valence-corrected chi connectivity index (χ2v) is 6.28. The lowest BCUT2D eigenvalue weighted by Gasteiger charge is -2.22. The SMILES string of the molecule is Cc1nccc(CNCC2(C)CCCS2)n1. The van der Waals surface area contributed by atoms with Gasteiger partial charge < -0.3 is 5.32 Å². The quantitative estimate of drug-likeness (QED) is 0.871. The lowest BCUT2D eigenvalue weighted by molar-refractivity contribution is 0.533. The Morgan fingerprint density at radius 1 is 1.56 bits per heavy atom. The van der Waals surface area contributed by atoms with E-state index in [0.29, 0.717) is 4.75 Å². The van der Waals surface area contributed by atoms with Crippen molar-refractivity contribution >= 4 is 11.8 Å². The van der Waals surface area contributed by atoms with Crippen LogP contribution in [0.15, 0.2) is 12.3 Å². The van der Waals surface area contributed by atoms with Crippen LogP contribution in [-0.4, -0.2) is 27.0 Å². The van der Waals surface area contributed by atoms with Crippen LogP contribution in [0.25, 0.3) is 0 Å². The second kappa shape index (κ2) is 5.15. The largest absolute Gasteiger partial charge is 0.310 e. The van der Waals surface area contributed by atoms with Gasteiger partial charge in [-0.05, 0) is 38.5 Å². The standard InChI is InChI=1S/C12H19N3S/c1-10-14-6-4-11(15-10)8-13-9-12(2)5-3-7-16-12/h4,6,13H,3,5,7-9H2,1-2H3. The van der Waals surface area contributed by atoms with E-state index in [9.17, 15) is 0 Å². The van der Waals surface area contributed by atoms with Crippen LogP contribution >= 0.6 is 11.8 Å². The first-order chi connectivity index (χ1) is 7.68. The van der Waals surface area contributed by atoms with Crippen LogP contribution in [0, 0.1) is 6.92 Å². The van der Waals surface area contributed by atoms with Gasteiger partial charge in [0.15, 0.2) is 0 Å². The summed E-state index contributed by atoms with van der Waals surface area (Å²) in [7, 11) is 0. The summed E-state index contributed by atoms with van der Waals surface area (Å²) in [5, 5.41) is 3.50. The lowest BCUT2D eigenvalue weighted by Crippen LogP contribution is -2.32. The maximum atomic E-state index is 4.38. The number of hydrogen-bond donors (Lipinski definition) is 1. The molecule has 1 aliphatic heterocycles. The predicted octanol–water partition coefficient (Wildman–Crippen LogP) is 2.16. The fraction of sp³-hybridized carbons (Fsp3) is 0.667. The van der Waals surface area contributed by atoms with E-state index >= 15 is 0 Å². The Labute approximate surface area is 101 Å². The summed E-state index contributed by atoms with van der Waals surface area (Å²) in [4.78, 5) is 8.48. The van der Waals surface area contributed by atoms with Crippen LogP contribution in [0.2, 0.25) is 0 Å². The summed E-state index contributed by atoms with van der Waals surface area (Å²) in [5.41, 5.74) is 1.08. The molecule has 0 aliphatic carbocycles. The molecule has 0 radical (unpaired) electrons. The first-order valence-electron chi connectivity index (χ1n) is 5.81. The number of aromatic nitrogens is 2. The number of nitrogens with one attached hydrogen (secondary N) is 1.